The highest BCUT2D eigenvalue weighted by atomic mass is 35.5. The fourth-order valence-corrected chi connectivity index (χ4v) is 2.60. The molecule has 0 bridgehead atoms. The molecular weight excluding hydrogens is 333 g/mol. The Morgan fingerprint density at radius 2 is 2.08 bits per heavy atom. The maximum absolute atomic E-state index is 13.4. The number of anilines is 1. The summed E-state index contributed by atoms with van der Waals surface area (Å²) in [5, 5.41) is 13.8. The fourth-order valence-electron chi connectivity index (χ4n) is 2.48. The number of aromatic nitrogens is 4. The Morgan fingerprint density at radius 1 is 1.33 bits per heavy atom. The Morgan fingerprint density at radius 3 is 2.71 bits per heavy atom. The first-order chi connectivity index (χ1) is 11.4. The molecule has 0 spiro atoms. The van der Waals surface area contributed by atoms with Crippen molar-refractivity contribution in [1.29, 1.82) is 0 Å². The zero-order valence-corrected chi connectivity index (χ0v) is 14.1. The Kier molecular flexibility index (Phi) is 4.11. The number of hydrogen-bond donors (Lipinski definition) is 2. The number of carbonyl (C=O) groups excluding carboxylic acids is 1. The largest absolute Gasteiger partial charge is 0.321 e. The van der Waals surface area contributed by atoms with Crippen molar-refractivity contribution in [2.24, 2.45) is 7.05 Å². The Bertz CT molecular complexity index is 931. The molecule has 0 saturated heterocycles. The Labute approximate surface area is 142 Å². The number of amides is 1. The molecule has 3 aromatic rings. The van der Waals surface area contributed by atoms with Crippen LogP contribution in [0.2, 0.25) is 5.02 Å². The molecule has 1 aromatic carbocycles. The van der Waals surface area contributed by atoms with Crippen molar-refractivity contribution >= 4 is 23.2 Å². The summed E-state index contributed by atoms with van der Waals surface area (Å²) in [6.07, 6.45) is 0. The van der Waals surface area contributed by atoms with Crippen LogP contribution in [0.25, 0.3) is 11.3 Å². The van der Waals surface area contributed by atoms with Gasteiger partial charge in [-0.1, -0.05) is 11.6 Å². The molecule has 8 heteroatoms. The minimum atomic E-state index is -0.596. The molecule has 0 unspecified atom stereocenters. The molecule has 124 valence electrons. The van der Waals surface area contributed by atoms with Gasteiger partial charge in [-0.3, -0.25) is 14.6 Å². The fraction of sp³-hybridized carbons (Fsp3) is 0.188. The molecule has 1 amide bonds. The van der Waals surface area contributed by atoms with Gasteiger partial charge in [-0.2, -0.15) is 10.2 Å². The number of aryl methyl sites for hydroxylation is 2. The minimum Gasteiger partial charge on any atom is -0.321 e. The number of benzene rings is 1. The quantitative estimate of drug-likeness (QED) is 0.761. The second kappa shape index (κ2) is 6.09. The van der Waals surface area contributed by atoms with Gasteiger partial charge in [-0.15, -0.1) is 0 Å². The third kappa shape index (κ3) is 2.90. The van der Waals surface area contributed by atoms with Gasteiger partial charge in [0.25, 0.3) is 5.91 Å². The van der Waals surface area contributed by atoms with E-state index in [9.17, 15) is 9.18 Å². The molecule has 0 aliphatic carbocycles. The summed E-state index contributed by atoms with van der Waals surface area (Å²) >= 11 is 5.63. The maximum atomic E-state index is 13.4. The van der Waals surface area contributed by atoms with Gasteiger partial charge in [0.05, 0.1) is 16.4 Å². The Hall–Kier alpha value is -2.67. The second-order valence-corrected chi connectivity index (χ2v) is 5.83. The summed E-state index contributed by atoms with van der Waals surface area (Å²) in [6, 6.07) is 5.70. The van der Waals surface area contributed by atoms with E-state index in [1.807, 2.05) is 20.9 Å². The van der Waals surface area contributed by atoms with Crippen molar-refractivity contribution in [1.82, 2.24) is 20.0 Å². The van der Waals surface area contributed by atoms with Gasteiger partial charge in [0.15, 0.2) is 0 Å². The molecule has 0 fully saturated rings. The van der Waals surface area contributed by atoms with E-state index < -0.39 is 11.7 Å². The molecule has 2 aromatic heterocycles. The van der Waals surface area contributed by atoms with Crippen molar-refractivity contribution in [3.63, 3.8) is 0 Å². The van der Waals surface area contributed by atoms with Gasteiger partial charge in [0.2, 0.25) is 0 Å². The van der Waals surface area contributed by atoms with Gasteiger partial charge in [0.1, 0.15) is 11.5 Å². The molecule has 2 heterocycles. The van der Waals surface area contributed by atoms with Crippen molar-refractivity contribution in [2.75, 3.05) is 5.32 Å². The van der Waals surface area contributed by atoms with E-state index in [1.165, 1.54) is 12.1 Å². The van der Waals surface area contributed by atoms with E-state index in [2.05, 4.69) is 20.6 Å². The lowest BCUT2D eigenvalue weighted by Crippen LogP contribution is -2.12. The van der Waals surface area contributed by atoms with Crippen LogP contribution in [0, 0.1) is 19.7 Å². The van der Waals surface area contributed by atoms with Crippen molar-refractivity contribution in [3.8, 4) is 11.3 Å². The van der Waals surface area contributed by atoms with Gasteiger partial charge in [-0.05, 0) is 38.1 Å². The number of halogens is 2. The maximum Gasteiger partial charge on any atom is 0.273 e. The lowest BCUT2D eigenvalue weighted by molar-refractivity contribution is 0.102. The van der Waals surface area contributed by atoms with Gasteiger partial charge in [0, 0.05) is 24.0 Å². The van der Waals surface area contributed by atoms with Crippen LogP contribution < -0.4 is 5.32 Å². The zero-order chi connectivity index (χ0) is 17.4. The molecule has 0 aliphatic heterocycles. The van der Waals surface area contributed by atoms with Crippen LogP contribution in [0.1, 0.15) is 21.9 Å². The van der Waals surface area contributed by atoms with Crippen LogP contribution in [0.15, 0.2) is 24.3 Å². The topological polar surface area (TPSA) is 75.6 Å². The first kappa shape index (κ1) is 16.2. The van der Waals surface area contributed by atoms with E-state index in [0.717, 1.165) is 23.0 Å². The number of H-pyrrole nitrogens is 1. The SMILES string of the molecule is Cc1nn(C)c(C)c1-c1cc(C(=O)Nc2ccc(Cl)c(F)c2)[nH]n1. The molecule has 24 heavy (non-hydrogen) atoms. The summed E-state index contributed by atoms with van der Waals surface area (Å²) in [5.74, 6) is -1.02. The summed E-state index contributed by atoms with van der Waals surface area (Å²) in [5.41, 5.74) is 3.87. The van der Waals surface area contributed by atoms with Gasteiger partial charge in [-0.25, -0.2) is 4.39 Å². The normalized spacial score (nSPS) is 10.9. The van der Waals surface area contributed by atoms with Crippen LogP contribution in [0.3, 0.4) is 0 Å². The summed E-state index contributed by atoms with van der Waals surface area (Å²) in [4.78, 5) is 12.3. The average molecular weight is 348 g/mol. The van der Waals surface area contributed by atoms with Crippen molar-refractivity contribution in [3.05, 3.63) is 52.2 Å². The van der Waals surface area contributed by atoms with Crippen LogP contribution >= 0.6 is 11.6 Å². The third-order valence-corrected chi connectivity index (χ3v) is 4.07. The number of nitrogens with one attached hydrogen (secondary N) is 2. The number of aromatic amines is 1. The minimum absolute atomic E-state index is 0.000599. The molecular formula is C16H15ClFN5O. The highest BCUT2D eigenvalue weighted by Crippen LogP contribution is 2.25. The van der Waals surface area contributed by atoms with Crippen molar-refractivity contribution < 1.29 is 9.18 Å². The predicted molar refractivity (Wildman–Crippen MR) is 89.6 cm³/mol. The van der Waals surface area contributed by atoms with Crippen LogP contribution in [0.4, 0.5) is 10.1 Å². The summed E-state index contributed by atoms with van der Waals surface area (Å²) in [6.45, 7) is 3.81. The van der Waals surface area contributed by atoms with E-state index in [0.29, 0.717) is 11.4 Å². The van der Waals surface area contributed by atoms with Crippen LogP contribution in [-0.4, -0.2) is 25.9 Å². The van der Waals surface area contributed by atoms with Gasteiger partial charge < -0.3 is 5.32 Å². The molecule has 0 atom stereocenters. The smallest absolute Gasteiger partial charge is 0.273 e. The van der Waals surface area contributed by atoms with Gasteiger partial charge >= 0.3 is 0 Å². The predicted octanol–water partition coefficient (Wildman–Crippen LogP) is 3.47. The molecule has 2 N–H and O–H groups in total. The molecule has 0 aliphatic rings. The zero-order valence-electron chi connectivity index (χ0n) is 13.3. The standard InChI is InChI=1S/C16H15ClFN5O/c1-8-15(9(2)23(3)22-8)13-7-14(21-20-13)16(24)19-10-4-5-11(17)12(18)6-10/h4-7H,1-3H3,(H,19,24)(H,20,21). The average Bonchev–Trinajstić information content (AvgIpc) is 3.09. The van der Waals surface area contributed by atoms with Crippen LogP contribution in [-0.2, 0) is 7.05 Å². The van der Waals surface area contributed by atoms with E-state index in [4.69, 9.17) is 11.6 Å². The first-order valence-electron chi connectivity index (χ1n) is 7.19. The lowest BCUT2D eigenvalue weighted by Gasteiger charge is -2.04. The summed E-state index contributed by atoms with van der Waals surface area (Å²) in [7, 11) is 1.85. The molecule has 0 radical (unpaired) electrons. The lowest BCUT2D eigenvalue weighted by atomic mass is 10.1. The summed E-state index contributed by atoms with van der Waals surface area (Å²) < 4.78 is 15.2. The van der Waals surface area contributed by atoms with E-state index in [1.54, 1.807) is 10.7 Å². The first-order valence-corrected chi connectivity index (χ1v) is 7.57. The molecule has 3 rings (SSSR count). The number of hydrogen-bond acceptors (Lipinski definition) is 3. The number of rotatable bonds is 3. The second-order valence-electron chi connectivity index (χ2n) is 5.42. The number of nitrogens with zero attached hydrogens (tertiary/aromatic N) is 3. The van der Waals surface area contributed by atoms with E-state index >= 15 is 0 Å². The van der Waals surface area contributed by atoms with E-state index in [-0.39, 0.29) is 10.7 Å². The van der Waals surface area contributed by atoms with Crippen molar-refractivity contribution in [2.45, 2.75) is 13.8 Å². The Balaban J connectivity index is 1.84. The molecule has 0 saturated carbocycles. The third-order valence-electron chi connectivity index (χ3n) is 3.77. The highest BCUT2D eigenvalue weighted by Gasteiger charge is 2.17. The number of carbonyl (C=O) groups is 1. The molecule has 6 nitrogen and oxygen atoms in total. The van der Waals surface area contributed by atoms with Crippen LogP contribution in [0.5, 0.6) is 0 Å². The monoisotopic (exact) mass is 347 g/mol. The highest BCUT2D eigenvalue weighted by molar-refractivity contribution is 6.30.